The lowest BCUT2D eigenvalue weighted by Gasteiger charge is -2.15. The standard InChI is InChI=1S/C15H23NO/c1-6-16-13(5)14-7-8-15(12(4)9-14)17-10-11(2)3/h7-9,13,16H,2,6,10H2,1,3-5H3. The van der Waals surface area contributed by atoms with Crippen molar-refractivity contribution in [2.45, 2.75) is 33.7 Å². The summed E-state index contributed by atoms with van der Waals surface area (Å²) in [5, 5.41) is 3.40. The van der Waals surface area contributed by atoms with Gasteiger partial charge in [-0.3, -0.25) is 0 Å². The molecule has 94 valence electrons. The monoisotopic (exact) mass is 233 g/mol. The third kappa shape index (κ3) is 4.23. The lowest BCUT2D eigenvalue weighted by molar-refractivity contribution is 0.350. The summed E-state index contributed by atoms with van der Waals surface area (Å²) in [6.07, 6.45) is 0. The van der Waals surface area contributed by atoms with Crippen LogP contribution in [0.15, 0.2) is 30.4 Å². The van der Waals surface area contributed by atoms with E-state index in [9.17, 15) is 0 Å². The molecular weight excluding hydrogens is 210 g/mol. The molecule has 0 aliphatic rings. The van der Waals surface area contributed by atoms with E-state index in [-0.39, 0.29) is 0 Å². The normalized spacial score (nSPS) is 12.2. The van der Waals surface area contributed by atoms with Gasteiger partial charge in [0.25, 0.3) is 0 Å². The molecule has 0 fully saturated rings. The number of benzene rings is 1. The Balaban J connectivity index is 2.75. The van der Waals surface area contributed by atoms with Crippen LogP contribution in [0.4, 0.5) is 0 Å². The van der Waals surface area contributed by atoms with Crippen LogP contribution in [0.5, 0.6) is 5.75 Å². The lowest BCUT2D eigenvalue weighted by Crippen LogP contribution is -2.17. The molecule has 17 heavy (non-hydrogen) atoms. The first kappa shape index (κ1) is 13.8. The van der Waals surface area contributed by atoms with Crippen LogP contribution in [0.1, 0.15) is 37.9 Å². The highest BCUT2D eigenvalue weighted by Gasteiger charge is 2.06. The number of nitrogens with one attached hydrogen (secondary N) is 1. The second-order valence-corrected chi connectivity index (χ2v) is 4.55. The first-order valence-electron chi connectivity index (χ1n) is 6.15. The summed E-state index contributed by atoms with van der Waals surface area (Å²) in [5.74, 6) is 0.945. The van der Waals surface area contributed by atoms with Gasteiger partial charge in [-0.25, -0.2) is 0 Å². The highest BCUT2D eigenvalue weighted by Crippen LogP contribution is 2.23. The van der Waals surface area contributed by atoms with Crippen LogP contribution < -0.4 is 10.1 Å². The van der Waals surface area contributed by atoms with Gasteiger partial charge >= 0.3 is 0 Å². The van der Waals surface area contributed by atoms with Gasteiger partial charge in [0.1, 0.15) is 12.4 Å². The van der Waals surface area contributed by atoms with Crippen LogP contribution in [0.3, 0.4) is 0 Å². The van der Waals surface area contributed by atoms with Crippen LogP contribution >= 0.6 is 0 Å². The van der Waals surface area contributed by atoms with Crippen LogP contribution in [-0.4, -0.2) is 13.2 Å². The Hall–Kier alpha value is -1.28. The van der Waals surface area contributed by atoms with Crippen LogP contribution in [0.25, 0.3) is 0 Å². The van der Waals surface area contributed by atoms with Gasteiger partial charge in [-0.05, 0) is 50.1 Å². The van der Waals surface area contributed by atoms with Gasteiger partial charge in [0.2, 0.25) is 0 Å². The van der Waals surface area contributed by atoms with Crippen molar-refractivity contribution in [3.8, 4) is 5.75 Å². The molecule has 2 nitrogen and oxygen atoms in total. The molecule has 0 aliphatic carbocycles. The largest absolute Gasteiger partial charge is 0.489 e. The zero-order valence-corrected chi connectivity index (χ0v) is 11.3. The predicted octanol–water partition coefficient (Wildman–Crippen LogP) is 3.62. The predicted molar refractivity (Wildman–Crippen MR) is 73.6 cm³/mol. The van der Waals surface area contributed by atoms with Crippen molar-refractivity contribution in [1.29, 1.82) is 0 Å². The average Bonchev–Trinajstić information content (AvgIpc) is 2.27. The molecule has 0 heterocycles. The summed E-state index contributed by atoms with van der Waals surface area (Å²) in [6.45, 7) is 13.7. The summed E-state index contributed by atoms with van der Waals surface area (Å²) < 4.78 is 5.67. The highest BCUT2D eigenvalue weighted by atomic mass is 16.5. The molecule has 1 rings (SSSR count). The molecule has 0 aliphatic heterocycles. The van der Waals surface area contributed by atoms with Gasteiger partial charge in [-0.2, -0.15) is 0 Å². The van der Waals surface area contributed by atoms with Crippen molar-refractivity contribution in [1.82, 2.24) is 5.32 Å². The average molecular weight is 233 g/mol. The molecule has 1 aromatic carbocycles. The van der Waals surface area contributed by atoms with Crippen LogP contribution in [-0.2, 0) is 0 Å². The Labute approximate surface area is 105 Å². The molecule has 0 radical (unpaired) electrons. The van der Waals surface area contributed by atoms with E-state index < -0.39 is 0 Å². The molecule has 1 unspecified atom stereocenters. The topological polar surface area (TPSA) is 21.3 Å². The Kier molecular flexibility index (Phi) is 5.23. The SMILES string of the molecule is C=C(C)COc1ccc(C(C)NCC)cc1C. The zero-order chi connectivity index (χ0) is 12.8. The second-order valence-electron chi connectivity index (χ2n) is 4.55. The maximum Gasteiger partial charge on any atom is 0.122 e. The van der Waals surface area contributed by atoms with Gasteiger partial charge in [-0.15, -0.1) is 0 Å². The number of ether oxygens (including phenoxy) is 1. The fourth-order valence-electron chi connectivity index (χ4n) is 1.73. The molecule has 0 spiro atoms. The minimum absolute atomic E-state index is 0.383. The molecule has 0 saturated carbocycles. The summed E-state index contributed by atoms with van der Waals surface area (Å²) in [4.78, 5) is 0. The summed E-state index contributed by atoms with van der Waals surface area (Å²) >= 11 is 0. The zero-order valence-electron chi connectivity index (χ0n) is 11.3. The number of aryl methyl sites for hydroxylation is 1. The summed E-state index contributed by atoms with van der Waals surface area (Å²) in [7, 11) is 0. The summed E-state index contributed by atoms with van der Waals surface area (Å²) in [6, 6.07) is 6.73. The molecular formula is C15H23NO. The molecule has 0 saturated heterocycles. The van der Waals surface area contributed by atoms with Crippen molar-refractivity contribution in [3.63, 3.8) is 0 Å². The molecule has 1 N–H and O–H groups in total. The smallest absolute Gasteiger partial charge is 0.122 e. The van der Waals surface area contributed by atoms with E-state index in [1.807, 2.05) is 13.0 Å². The molecule has 2 heteroatoms. The lowest BCUT2D eigenvalue weighted by atomic mass is 10.1. The maximum atomic E-state index is 5.67. The second kappa shape index (κ2) is 6.45. The van der Waals surface area contributed by atoms with Gasteiger partial charge in [0.05, 0.1) is 0 Å². The molecule has 0 bridgehead atoms. The third-order valence-corrected chi connectivity index (χ3v) is 2.68. The van der Waals surface area contributed by atoms with Gasteiger partial charge in [-0.1, -0.05) is 25.6 Å². The number of hydrogen-bond acceptors (Lipinski definition) is 2. The third-order valence-electron chi connectivity index (χ3n) is 2.68. The minimum Gasteiger partial charge on any atom is -0.489 e. The van der Waals surface area contributed by atoms with E-state index in [1.165, 1.54) is 11.1 Å². The van der Waals surface area contributed by atoms with Crippen molar-refractivity contribution < 1.29 is 4.74 Å². The maximum absolute atomic E-state index is 5.67. The van der Waals surface area contributed by atoms with Crippen molar-refractivity contribution in [3.05, 3.63) is 41.5 Å². The quantitative estimate of drug-likeness (QED) is 0.758. The van der Waals surface area contributed by atoms with Crippen molar-refractivity contribution in [2.75, 3.05) is 13.2 Å². The highest BCUT2D eigenvalue weighted by molar-refractivity contribution is 5.37. The Morgan fingerprint density at radius 1 is 1.47 bits per heavy atom. The van der Waals surface area contributed by atoms with Crippen LogP contribution in [0, 0.1) is 6.92 Å². The molecule has 0 amide bonds. The fraction of sp³-hybridized carbons (Fsp3) is 0.467. The Morgan fingerprint density at radius 3 is 2.71 bits per heavy atom. The Morgan fingerprint density at radius 2 is 2.18 bits per heavy atom. The van der Waals surface area contributed by atoms with Gasteiger partial charge in [0, 0.05) is 6.04 Å². The van der Waals surface area contributed by atoms with Crippen molar-refractivity contribution in [2.24, 2.45) is 0 Å². The van der Waals surface area contributed by atoms with E-state index >= 15 is 0 Å². The Bertz CT molecular complexity index is 385. The molecule has 0 aromatic heterocycles. The minimum atomic E-state index is 0.383. The van der Waals surface area contributed by atoms with Gasteiger partial charge in [0.15, 0.2) is 0 Å². The molecule has 1 aromatic rings. The number of hydrogen-bond donors (Lipinski definition) is 1. The van der Waals surface area contributed by atoms with Crippen molar-refractivity contribution >= 4 is 0 Å². The van der Waals surface area contributed by atoms with E-state index in [0.717, 1.165) is 17.9 Å². The number of rotatable bonds is 6. The van der Waals surface area contributed by atoms with Gasteiger partial charge < -0.3 is 10.1 Å². The fourth-order valence-corrected chi connectivity index (χ4v) is 1.73. The van der Waals surface area contributed by atoms with E-state index in [1.54, 1.807) is 0 Å². The van der Waals surface area contributed by atoms with Crippen LogP contribution in [0.2, 0.25) is 0 Å². The first-order chi connectivity index (χ1) is 8.04. The van der Waals surface area contributed by atoms with E-state index in [0.29, 0.717) is 12.6 Å². The molecule has 1 atom stereocenters. The van der Waals surface area contributed by atoms with E-state index in [4.69, 9.17) is 4.74 Å². The first-order valence-corrected chi connectivity index (χ1v) is 6.15. The summed E-state index contributed by atoms with van der Waals surface area (Å²) in [5.41, 5.74) is 3.51. The van der Waals surface area contributed by atoms with E-state index in [2.05, 4.69) is 44.8 Å².